The highest BCUT2D eigenvalue weighted by molar-refractivity contribution is 5.94. The van der Waals surface area contributed by atoms with Crippen LogP contribution in [0.1, 0.15) is 67.5 Å². The van der Waals surface area contributed by atoms with E-state index in [9.17, 15) is 0 Å². The van der Waals surface area contributed by atoms with Crippen LogP contribution in [0, 0.1) is 20.8 Å². The van der Waals surface area contributed by atoms with Gasteiger partial charge in [0.05, 0.1) is 10.9 Å². The van der Waals surface area contributed by atoms with E-state index >= 15 is 0 Å². The largest absolute Gasteiger partial charge is 0.220 e. The maximum atomic E-state index is 2.40. The maximum absolute atomic E-state index is 2.40. The second-order valence-corrected chi connectivity index (χ2v) is 8.36. The number of benzene rings is 2. The van der Waals surface area contributed by atoms with Crippen molar-refractivity contribution in [3.05, 3.63) is 64.3 Å². The Morgan fingerprint density at radius 2 is 1.42 bits per heavy atom. The van der Waals surface area contributed by atoms with Gasteiger partial charge in [0.25, 0.3) is 0 Å². The predicted molar refractivity (Wildman–Crippen MR) is 113 cm³/mol. The van der Waals surface area contributed by atoms with Crippen LogP contribution >= 0.6 is 0 Å². The second kappa shape index (κ2) is 6.87. The number of pyridine rings is 1. The first-order valence-corrected chi connectivity index (χ1v) is 9.75. The fraction of sp³-hybridized carbons (Fsp3) is 0.400. The topological polar surface area (TPSA) is 3.88 Å². The van der Waals surface area contributed by atoms with Gasteiger partial charge in [-0.1, -0.05) is 45.9 Å². The van der Waals surface area contributed by atoms with Gasteiger partial charge in [0.15, 0.2) is 5.69 Å². The Hall–Kier alpha value is -2.15. The molecule has 0 amide bonds. The number of aromatic nitrogens is 1. The van der Waals surface area contributed by atoms with Crippen molar-refractivity contribution in [3.8, 4) is 11.3 Å². The van der Waals surface area contributed by atoms with E-state index < -0.39 is 0 Å². The molecular formula is C25H32N+. The molecule has 0 aliphatic rings. The molecule has 0 fully saturated rings. The molecule has 3 rings (SSSR count). The zero-order chi connectivity index (χ0) is 19.2. The molecule has 0 saturated heterocycles. The van der Waals surface area contributed by atoms with Crippen LogP contribution in [-0.2, 0) is 7.05 Å². The quantitative estimate of drug-likeness (QED) is 0.476. The Bertz CT molecular complexity index is 977. The number of nitrogens with zero attached hydrogens (tertiary/aromatic N) is 1. The summed E-state index contributed by atoms with van der Waals surface area (Å²) < 4.78 is 2.35. The summed E-state index contributed by atoms with van der Waals surface area (Å²) in [6.07, 6.45) is 0. The lowest BCUT2D eigenvalue weighted by Crippen LogP contribution is -2.35. The SMILES string of the molecule is Cc1cc(C(C)C)cc(-c2c3ccc(C(C)C)cc3cc(C)[n+]2C)c1C. The van der Waals surface area contributed by atoms with Crippen LogP contribution in [0.5, 0.6) is 0 Å². The van der Waals surface area contributed by atoms with Crippen molar-refractivity contribution in [2.45, 2.75) is 60.3 Å². The van der Waals surface area contributed by atoms with E-state index in [1.54, 1.807) is 0 Å². The van der Waals surface area contributed by atoms with Crippen LogP contribution in [0.25, 0.3) is 22.0 Å². The minimum Gasteiger partial charge on any atom is -0.198 e. The summed E-state index contributed by atoms with van der Waals surface area (Å²) in [6, 6.07) is 14.0. The molecule has 1 heterocycles. The molecule has 0 radical (unpaired) electrons. The molecule has 0 atom stereocenters. The zero-order valence-electron chi connectivity index (χ0n) is 17.6. The molecule has 0 saturated carbocycles. The third kappa shape index (κ3) is 3.16. The molecule has 0 unspecified atom stereocenters. The van der Waals surface area contributed by atoms with E-state index in [-0.39, 0.29) is 0 Å². The van der Waals surface area contributed by atoms with Gasteiger partial charge in [0.2, 0.25) is 5.69 Å². The van der Waals surface area contributed by atoms with Gasteiger partial charge < -0.3 is 0 Å². The molecule has 0 aliphatic carbocycles. The Balaban J connectivity index is 2.40. The fourth-order valence-electron chi connectivity index (χ4n) is 3.75. The monoisotopic (exact) mass is 346 g/mol. The number of fused-ring (bicyclic) bond motifs is 1. The standard InChI is InChI=1S/C25H32N/c1-15(2)20-9-10-23-22(13-20)12-18(6)26(8)25(23)24-14-21(16(3)4)11-17(5)19(24)7/h9-16H,1-8H3/q+1. The van der Waals surface area contributed by atoms with E-state index in [2.05, 4.69) is 96.5 Å². The van der Waals surface area contributed by atoms with E-state index in [0.29, 0.717) is 11.8 Å². The molecule has 0 aliphatic heterocycles. The third-order valence-electron chi connectivity index (χ3n) is 5.84. The lowest BCUT2D eigenvalue weighted by molar-refractivity contribution is -0.665. The minimum absolute atomic E-state index is 0.530. The number of aryl methyl sites for hydroxylation is 2. The third-order valence-corrected chi connectivity index (χ3v) is 5.84. The number of rotatable bonds is 3. The first kappa shape index (κ1) is 18.6. The van der Waals surface area contributed by atoms with Gasteiger partial charge in [0.1, 0.15) is 7.05 Å². The van der Waals surface area contributed by atoms with Crippen LogP contribution in [-0.4, -0.2) is 0 Å². The highest BCUT2D eigenvalue weighted by Crippen LogP contribution is 2.34. The van der Waals surface area contributed by atoms with Gasteiger partial charge in [-0.05, 0) is 65.5 Å². The molecule has 1 aromatic heterocycles. The first-order valence-electron chi connectivity index (χ1n) is 9.75. The number of hydrogen-bond donors (Lipinski definition) is 0. The van der Waals surface area contributed by atoms with Gasteiger partial charge in [-0.3, -0.25) is 0 Å². The van der Waals surface area contributed by atoms with Gasteiger partial charge in [-0.2, -0.15) is 4.57 Å². The van der Waals surface area contributed by atoms with Crippen molar-refractivity contribution in [1.29, 1.82) is 0 Å². The fourth-order valence-corrected chi connectivity index (χ4v) is 3.75. The molecule has 1 nitrogen and oxygen atoms in total. The molecular weight excluding hydrogens is 314 g/mol. The van der Waals surface area contributed by atoms with E-state index in [0.717, 1.165) is 0 Å². The Labute approximate surface area is 158 Å². The summed E-state index contributed by atoms with van der Waals surface area (Å²) in [5.74, 6) is 1.08. The van der Waals surface area contributed by atoms with Crippen molar-refractivity contribution in [3.63, 3.8) is 0 Å². The molecule has 0 spiro atoms. The molecule has 136 valence electrons. The summed E-state index contributed by atoms with van der Waals surface area (Å²) in [4.78, 5) is 0. The van der Waals surface area contributed by atoms with Gasteiger partial charge in [-0.15, -0.1) is 0 Å². The van der Waals surface area contributed by atoms with Crippen molar-refractivity contribution >= 4 is 10.8 Å². The molecule has 1 heteroatoms. The second-order valence-electron chi connectivity index (χ2n) is 8.36. The van der Waals surface area contributed by atoms with Crippen molar-refractivity contribution in [1.82, 2.24) is 0 Å². The number of hydrogen-bond acceptors (Lipinski definition) is 0. The summed E-state index contributed by atoms with van der Waals surface area (Å²) in [5.41, 5.74) is 9.56. The Morgan fingerprint density at radius 1 is 0.769 bits per heavy atom. The lowest BCUT2D eigenvalue weighted by Gasteiger charge is -2.16. The Morgan fingerprint density at radius 3 is 2.04 bits per heavy atom. The highest BCUT2D eigenvalue weighted by Gasteiger charge is 2.21. The maximum Gasteiger partial charge on any atom is 0.220 e. The van der Waals surface area contributed by atoms with Gasteiger partial charge in [0, 0.05) is 13.0 Å². The summed E-state index contributed by atoms with van der Waals surface area (Å²) in [5, 5.41) is 2.68. The molecule has 2 aromatic carbocycles. The predicted octanol–water partition coefficient (Wildman–Crippen LogP) is 6.50. The van der Waals surface area contributed by atoms with Crippen LogP contribution in [0.4, 0.5) is 0 Å². The average molecular weight is 347 g/mol. The summed E-state index contributed by atoms with van der Waals surface area (Å²) in [7, 11) is 2.19. The lowest BCUT2D eigenvalue weighted by atomic mass is 9.90. The summed E-state index contributed by atoms with van der Waals surface area (Å²) >= 11 is 0. The van der Waals surface area contributed by atoms with Crippen molar-refractivity contribution in [2.24, 2.45) is 7.05 Å². The zero-order valence-corrected chi connectivity index (χ0v) is 17.6. The first-order chi connectivity index (χ1) is 12.2. The normalized spacial score (nSPS) is 11.8. The highest BCUT2D eigenvalue weighted by atomic mass is 14.9. The molecule has 0 bridgehead atoms. The van der Waals surface area contributed by atoms with Crippen molar-refractivity contribution in [2.75, 3.05) is 0 Å². The average Bonchev–Trinajstić information content (AvgIpc) is 2.58. The van der Waals surface area contributed by atoms with Crippen molar-refractivity contribution < 1.29 is 4.57 Å². The van der Waals surface area contributed by atoms with Crippen LogP contribution in [0.3, 0.4) is 0 Å². The van der Waals surface area contributed by atoms with E-state index in [1.165, 1.54) is 50.0 Å². The van der Waals surface area contributed by atoms with Gasteiger partial charge in [-0.25, -0.2) is 0 Å². The van der Waals surface area contributed by atoms with Gasteiger partial charge >= 0.3 is 0 Å². The Kier molecular flexibility index (Phi) is 4.92. The van der Waals surface area contributed by atoms with Crippen LogP contribution in [0.2, 0.25) is 0 Å². The smallest absolute Gasteiger partial charge is 0.198 e. The molecule has 26 heavy (non-hydrogen) atoms. The van der Waals surface area contributed by atoms with Crippen LogP contribution in [0.15, 0.2) is 36.4 Å². The van der Waals surface area contributed by atoms with E-state index in [4.69, 9.17) is 0 Å². The molecule has 3 aromatic rings. The van der Waals surface area contributed by atoms with E-state index in [1.807, 2.05) is 0 Å². The minimum atomic E-state index is 0.530. The summed E-state index contributed by atoms with van der Waals surface area (Å²) in [6.45, 7) is 15.8. The van der Waals surface area contributed by atoms with Crippen LogP contribution < -0.4 is 4.57 Å². The molecule has 0 N–H and O–H groups in total.